The van der Waals surface area contributed by atoms with E-state index in [0.29, 0.717) is 0 Å². The van der Waals surface area contributed by atoms with E-state index in [1.54, 1.807) is 6.07 Å². The van der Waals surface area contributed by atoms with Crippen LogP contribution in [0.5, 0.6) is 0 Å². The summed E-state index contributed by atoms with van der Waals surface area (Å²) in [5.74, 6) is 0. The van der Waals surface area contributed by atoms with E-state index >= 15 is 0 Å². The van der Waals surface area contributed by atoms with E-state index in [4.69, 9.17) is 0 Å². The molecule has 4 rings (SSSR count). The van der Waals surface area contributed by atoms with Gasteiger partial charge in [0, 0.05) is 23.9 Å². The molecule has 84 valence electrons. The maximum Gasteiger partial charge on any atom is 0.416 e. The van der Waals surface area contributed by atoms with Gasteiger partial charge in [0.25, 0.3) is 0 Å². The summed E-state index contributed by atoms with van der Waals surface area (Å²) in [4.78, 5) is 0. The van der Waals surface area contributed by atoms with Crippen LogP contribution >= 0.6 is 0 Å². The SMILES string of the molecule is FC(F)(F)c1ccc2c(c1)C13CNCC21C3. The van der Waals surface area contributed by atoms with Crippen molar-refractivity contribution < 1.29 is 13.2 Å². The number of benzene rings is 1. The second-order valence-corrected chi connectivity index (χ2v) is 5.20. The Bertz CT molecular complexity index is 507. The first-order chi connectivity index (χ1) is 7.50. The third kappa shape index (κ3) is 0.715. The lowest BCUT2D eigenvalue weighted by molar-refractivity contribution is -0.137. The molecule has 2 atom stereocenters. The zero-order chi connectivity index (χ0) is 11.2. The van der Waals surface area contributed by atoms with Crippen molar-refractivity contribution in [3.8, 4) is 0 Å². The number of hydrogen-bond donors (Lipinski definition) is 1. The average Bonchev–Trinajstić information content (AvgIpc) is 2.68. The van der Waals surface area contributed by atoms with E-state index in [1.165, 1.54) is 12.1 Å². The van der Waals surface area contributed by atoms with Crippen molar-refractivity contribution in [1.82, 2.24) is 5.32 Å². The van der Waals surface area contributed by atoms with Gasteiger partial charge in [0.15, 0.2) is 0 Å². The van der Waals surface area contributed by atoms with E-state index in [9.17, 15) is 13.2 Å². The van der Waals surface area contributed by atoms with Crippen LogP contribution in [-0.2, 0) is 17.0 Å². The molecule has 0 spiro atoms. The van der Waals surface area contributed by atoms with Gasteiger partial charge in [-0.1, -0.05) is 6.07 Å². The van der Waals surface area contributed by atoms with Crippen LogP contribution in [0, 0.1) is 0 Å². The summed E-state index contributed by atoms with van der Waals surface area (Å²) in [5, 5.41) is 3.29. The molecule has 0 amide bonds. The summed E-state index contributed by atoms with van der Waals surface area (Å²) in [7, 11) is 0. The lowest BCUT2D eigenvalue weighted by Gasteiger charge is -2.33. The number of fused-ring (bicyclic) bond motifs is 1. The minimum atomic E-state index is -4.22. The summed E-state index contributed by atoms with van der Waals surface area (Å²) in [6.45, 7) is 1.78. The maximum absolute atomic E-state index is 12.6. The summed E-state index contributed by atoms with van der Waals surface area (Å²) in [6.07, 6.45) is -3.17. The Morgan fingerprint density at radius 1 is 1.06 bits per heavy atom. The van der Waals surface area contributed by atoms with Gasteiger partial charge in [-0.25, -0.2) is 0 Å². The van der Waals surface area contributed by atoms with Crippen LogP contribution in [0.15, 0.2) is 18.2 Å². The highest BCUT2D eigenvalue weighted by Crippen LogP contribution is 2.76. The number of rotatable bonds is 0. The Morgan fingerprint density at radius 3 is 2.44 bits per heavy atom. The van der Waals surface area contributed by atoms with Crippen molar-refractivity contribution in [2.24, 2.45) is 0 Å². The van der Waals surface area contributed by atoms with Crippen LogP contribution < -0.4 is 5.32 Å². The van der Waals surface area contributed by atoms with Crippen molar-refractivity contribution >= 4 is 0 Å². The molecule has 2 fully saturated rings. The van der Waals surface area contributed by atoms with E-state index < -0.39 is 11.7 Å². The number of halogens is 3. The Kier molecular flexibility index (Phi) is 1.22. The zero-order valence-corrected chi connectivity index (χ0v) is 8.49. The predicted octanol–water partition coefficient (Wildman–Crippen LogP) is 2.20. The lowest BCUT2D eigenvalue weighted by Crippen LogP contribution is -2.33. The van der Waals surface area contributed by atoms with Gasteiger partial charge in [0.1, 0.15) is 0 Å². The van der Waals surface area contributed by atoms with Crippen molar-refractivity contribution in [3.63, 3.8) is 0 Å². The first-order valence-electron chi connectivity index (χ1n) is 5.43. The molecule has 1 aromatic carbocycles. The molecular formula is C12H10F3N. The van der Waals surface area contributed by atoms with Gasteiger partial charge in [-0.3, -0.25) is 0 Å². The van der Waals surface area contributed by atoms with Gasteiger partial charge in [0.05, 0.1) is 5.56 Å². The topological polar surface area (TPSA) is 12.0 Å². The molecule has 16 heavy (non-hydrogen) atoms. The molecule has 0 radical (unpaired) electrons. The van der Waals surface area contributed by atoms with Crippen LogP contribution in [-0.4, -0.2) is 13.1 Å². The molecule has 1 aromatic rings. The molecule has 0 bridgehead atoms. The summed E-state index contributed by atoms with van der Waals surface area (Å²) >= 11 is 0. The van der Waals surface area contributed by atoms with Crippen molar-refractivity contribution in [1.29, 1.82) is 0 Å². The van der Waals surface area contributed by atoms with E-state index in [2.05, 4.69) is 5.32 Å². The molecule has 1 aliphatic heterocycles. The van der Waals surface area contributed by atoms with Crippen LogP contribution in [0.25, 0.3) is 0 Å². The Balaban J connectivity index is 1.87. The largest absolute Gasteiger partial charge is 0.416 e. The van der Waals surface area contributed by atoms with Gasteiger partial charge in [0.2, 0.25) is 0 Å². The minimum absolute atomic E-state index is 0.0591. The highest BCUT2D eigenvalue weighted by molar-refractivity contribution is 5.68. The summed E-state index contributed by atoms with van der Waals surface area (Å²) < 4.78 is 37.8. The summed E-state index contributed by atoms with van der Waals surface area (Å²) in [5.41, 5.74) is 1.83. The second kappa shape index (κ2) is 2.16. The van der Waals surface area contributed by atoms with E-state index in [-0.39, 0.29) is 10.8 Å². The fraction of sp³-hybridized carbons (Fsp3) is 0.500. The minimum Gasteiger partial charge on any atom is -0.315 e. The number of hydrogen-bond acceptors (Lipinski definition) is 1. The standard InChI is InChI=1S/C12H10F3N/c13-12(14,15)7-1-2-8-9(3-7)11-4-10(8,11)5-16-6-11/h1-3,16H,4-6H2. The zero-order valence-electron chi connectivity index (χ0n) is 8.49. The van der Waals surface area contributed by atoms with Crippen LogP contribution in [0.4, 0.5) is 13.2 Å². The van der Waals surface area contributed by atoms with Crippen molar-refractivity contribution in [2.45, 2.75) is 23.4 Å². The third-order valence-electron chi connectivity index (χ3n) is 4.63. The molecule has 1 saturated heterocycles. The molecule has 1 N–H and O–H groups in total. The van der Waals surface area contributed by atoms with Gasteiger partial charge >= 0.3 is 6.18 Å². The fourth-order valence-corrected chi connectivity index (χ4v) is 3.79. The van der Waals surface area contributed by atoms with Gasteiger partial charge < -0.3 is 5.32 Å². The maximum atomic E-state index is 12.6. The molecule has 2 aliphatic carbocycles. The average molecular weight is 225 g/mol. The normalized spacial score (nSPS) is 38.4. The third-order valence-corrected chi connectivity index (χ3v) is 4.63. The highest BCUT2D eigenvalue weighted by Gasteiger charge is 2.79. The van der Waals surface area contributed by atoms with Crippen LogP contribution in [0.3, 0.4) is 0 Å². The highest BCUT2D eigenvalue weighted by atomic mass is 19.4. The molecule has 4 heteroatoms. The Morgan fingerprint density at radius 2 is 1.75 bits per heavy atom. The number of piperidine rings is 1. The molecule has 1 nitrogen and oxygen atoms in total. The quantitative estimate of drug-likeness (QED) is 0.713. The molecule has 1 saturated carbocycles. The molecule has 0 aromatic heterocycles. The number of alkyl halides is 3. The van der Waals surface area contributed by atoms with Gasteiger partial charge in [-0.05, 0) is 29.7 Å². The second-order valence-electron chi connectivity index (χ2n) is 5.20. The molecule has 1 heterocycles. The van der Waals surface area contributed by atoms with Crippen molar-refractivity contribution in [2.75, 3.05) is 13.1 Å². The van der Waals surface area contributed by atoms with Gasteiger partial charge in [-0.15, -0.1) is 0 Å². The molecule has 3 aliphatic rings. The monoisotopic (exact) mass is 225 g/mol. The smallest absolute Gasteiger partial charge is 0.315 e. The van der Waals surface area contributed by atoms with E-state index in [1.807, 2.05) is 0 Å². The van der Waals surface area contributed by atoms with Crippen LogP contribution in [0.1, 0.15) is 23.1 Å². The first-order valence-corrected chi connectivity index (χ1v) is 5.43. The van der Waals surface area contributed by atoms with Crippen LogP contribution in [0.2, 0.25) is 0 Å². The lowest BCUT2D eigenvalue weighted by atomic mass is 9.69. The number of nitrogens with one attached hydrogen (secondary N) is 1. The fourth-order valence-electron chi connectivity index (χ4n) is 3.79. The van der Waals surface area contributed by atoms with Crippen molar-refractivity contribution in [3.05, 3.63) is 34.9 Å². The van der Waals surface area contributed by atoms with E-state index in [0.717, 1.165) is 30.6 Å². The van der Waals surface area contributed by atoms with Gasteiger partial charge in [-0.2, -0.15) is 13.2 Å². The Labute approximate surface area is 90.7 Å². The predicted molar refractivity (Wildman–Crippen MR) is 52.3 cm³/mol. The molecule has 2 unspecified atom stereocenters. The first kappa shape index (κ1) is 9.05. The summed E-state index contributed by atoms with van der Waals surface area (Å²) in [6, 6.07) is 4.25. The Hall–Kier alpha value is -1.03. The molecular weight excluding hydrogens is 215 g/mol.